The summed E-state index contributed by atoms with van der Waals surface area (Å²) in [6.45, 7) is 2.00. The number of aromatic nitrogens is 2. The van der Waals surface area contributed by atoms with Crippen LogP contribution < -0.4 is 0 Å². The van der Waals surface area contributed by atoms with Gasteiger partial charge in [0, 0.05) is 6.54 Å². The van der Waals surface area contributed by atoms with Gasteiger partial charge in [0.1, 0.15) is 4.90 Å². The zero-order chi connectivity index (χ0) is 12.2. The number of hydrogen-bond acceptors (Lipinski definition) is 4. The Morgan fingerprint density at radius 1 is 1.50 bits per heavy atom. The van der Waals surface area contributed by atoms with Crippen molar-refractivity contribution in [2.24, 2.45) is 0 Å². The molecule has 0 saturated carbocycles. The van der Waals surface area contributed by atoms with Gasteiger partial charge in [-0.1, -0.05) is 12.8 Å². The van der Waals surface area contributed by atoms with Crippen LogP contribution >= 0.6 is 11.6 Å². The molecule has 0 aliphatic rings. The van der Waals surface area contributed by atoms with E-state index < -0.39 is 10.0 Å². The highest BCUT2D eigenvalue weighted by molar-refractivity contribution is 7.89. The monoisotopic (exact) mass is 259 g/mol. The first-order valence-corrected chi connectivity index (χ1v) is 6.25. The molecule has 0 bridgehead atoms. The van der Waals surface area contributed by atoms with E-state index in [-0.39, 0.29) is 23.3 Å². The first-order valence-electron chi connectivity index (χ1n) is 4.43. The average Bonchev–Trinajstić information content (AvgIpc) is 2.26. The van der Waals surface area contributed by atoms with Gasteiger partial charge in [-0.15, -0.1) is 6.42 Å². The predicted octanol–water partition coefficient (Wildman–Crippen LogP) is 0.774. The zero-order valence-electron chi connectivity index (χ0n) is 8.59. The Balaban J connectivity index is 3.10. The molecule has 1 aromatic rings. The van der Waals surface area contributed by atoms with Crippen molar-refractivity contribution in [3.8, 4) is 12.3 Å². The summed E-state index contributed by atoms with van der Waals surface area (Å²) in [6, 6.07) is 0. The molecule has 0 aromatic carbocycles. The maximum absolute atomic E-state index is 12.0. The summed E-state index contributed by atoms with van der Waals surface area (Å²) >= 11 is 5.47. The lowest BCUT2D eigenvalue weighted by Gasteiger charge is -2.16. The van der Waals surface area contributed by atoms with Crippen molar-refractivity contribution in [2.75, 3.05) is 13.1 Å². The van der Waals surface area contributed by atoms with Crippen molar-refractivity contribution >= 4 is 21.6 Å². The number of terminal acetylenes is 1. The summed E-state index contributed by atoms with van der Waals surface area (Å²) in [4.78, 5) is 7.22. The Kier molecular flexibility index (Phi) is 4.24. The van der Waals surface area contributed by atoms with Crippen molar-refractivity contribution in [2.45, 2.75) is 11.8 Å². The van der Waals surface area contributed by atoms with Crippen LogP contribution in [0.15, 0.2) is 17.3 Å². The van der Waals surface area contributed by atoms with E-state index >= 15 is 0 Å². The maximum Gasteiger partial charge on any atom is 0.247 e. The average molecular weight is 260 g/mol. The molecule has 7 heteroatoms. The van der Waals surface area contributed by atoms with Crippen LogP contribution in [0.2, 0.25) is 5.28 Å². The van der Waals surface area contributed by atoms with E-state index in [1.54, 1.807) is 6.92 Å². The van der Waals surface area contributed by atoms with E-state index in [0.717, 1.165) is 16.7 Å². The van der Waals surface area contributed by atoms with Crippen LogP contribution in [0.5, 0.6) is 0 Å². The van der Waals surface area contributed by atoms with Crippen molar-refractivity contribution in [1.29, 1.82) is 0 Å². The third-order valence-electron chi connectivity index (χ3n) is 1.85. The minimum atomic E-state index is -3.62. The lowest BCUT2D eigenvalue weighted by atomic mass is 10.6. The molecular formula is C9H10ClN3O2S. The molecule has 0 atom stereocenters. The van der Waals surface area contributed by atoms with Gasteiger partial charge in [0.2, 0.25) is 15.3 Å². The Morgan fingerprint density at radius 3 is 2.50 bits per heavy atom. The van der Waals surface area contributed by atoms with Gasteiger partial charge in [-0.3, -0.25) is 0 Å². The van der Waals surface area contributed by atoms with Gasteiger partial charge in [0.15, 0.2) is 0 Å². The van der Waals surface area contributed by atoms with Gasteiger partial charge in [-0.05, 0) is 11.6 Å². The highest BCUT2D eigenvalue weighted by Crippen LogP contribution is 2.13. The molecule has 0 spiro atoms. The number of sulfonamides is 1. The van der Waals surface area contributed by atoms with Crippen LogP contribution in [0.25, 0.3) is 0 Å². The maximum atomic E-state index is 12.0. The molecule has 0 amide bonds. The second-order valence-electron chi connectivity index (χ2n) is 2.82. The number of rotatable bonds is 4. The van der Waals surface area contributed by atoms with E-state index in [0.29, 0.717) is 0 Å². The molecule has 5 nitrogen and oxygen atoms in total. The molecule has 16 heavy (non-hydrogen) atoms. The Labute approximate surface area is 99.5 Å². The van der Waals surface area contributed by atoms with Crippen molar-refractivity contribution in [3.63, 3.8) is 0 Å². The summed E-state index contributed by atoms with van der Waals surface area (Å²) in [7, 11) is -3.62. The Hall–Kier alpha value is -1.16. The summed E-state index contributed by atoms with van der Waals surface area (Å²) in [5.74, 6) is 2.29. The first kappa shape index (κ1) is 12.9. The SMILES string of the molecule is C#CCN(CC)S(=O)(=O)c1cnc(Cl)nc1. The van der Waals surface area contributed by atoms with E-state index in [1.807, 2.05) is 0 Å². The summed E-state index contributed by atoms with van der Waals surface area (Å²) < 4.78 is 25.1. The second kappa shape index (κ2) is 5.25. The van der Waals surface area contributed by atoms with Crippen LogP contribution in [0, 0.1) is 12.3 Å². The van der Waals surface area contributed by atoms with Crippen LogP contribution in [0.1, 0.15) is 6.92 Å². The third kappa shape index (κ3) is 2.70. The smallest absolute Gasteiger partial charge is 0.225 e. The molecule has 0 fully saturated rings. The lowest BCUT2D eigenvalue weighted by molar-refractivity contribution is 0.463. The molecule has 0 saturated heterocycles. The molecule has 86 valence electrons. The predicted molar refractivity (Wildman–Crippen MR) is 60.3 cm³/mol. The molecule has 0 aliphatic heterocycles. The number of nitrogens with zero attached hydrogens (tertiary/aromatic N) is 3. The normalized spacial score (nSPS) is 11.4. The fourth-order valence-electron chi connectivity index (χ4n) is 1.05. The Morgan fingerprint density at radius 2 is 2.06 bits per heavy atom. The summed E-state index contributed by atoms with van der Waals surface area (Å²) in [5, 5.41) is -0.000974. The van der Waals surface area contributed by atoms with Gasteiger partial charge in [0.05, 0.1) is 18.9 Å². The van der Waals surface area contributed by atoms with E-state index in [9.17, 15) is 8.42 Å². The van der Waals surface area contributed by atoms with Gasteiger partial charge in [-0.2, -0.15) is 4.31 Å². The highest BCUT2D eigenvalue weighted by atomic mass is 35.5. The van der Waals surface area contributed by atoms with Gasteiger partial charge in [0.25, 0.3) is 0 Å². The molecular weight excluding hydrogens is 250 g/mol. The molecule has 0 N–H and O–H groups in total. The minimum Gasteiger partial charge on any atom is -0.225 e. The van der Waals surface area contributed by atoms with E-state index in [2.05, 4.69) is 15.9 Å². The van der Waals surface area contributed by atoms with E-state index in [1.165, 1.54) is 0 Å². The molecule has 1 heterocycles. The minimum absolute atomic E-state index is 0.000974. The molecule has 1 aromatic heterocycles. The van der Waals surface area contributed by atoms with E-state index in [4.69, 9.17) is 18.0 Å². The fourth-order valence-corrected chi connectivity index (χ4v) is 2.40. The molecule has 1 rings (SSSR count). The molecule has 0 aliphatic carbocycles. The van der Waals surface area contributed by atoms with Crippen LogP contribution in [0.4, 0.5) is 0 Å². The van der Waals surface area contributed by atoms with Crippen molar-refractivity contribution < 1.29 is 8.42 Å². The molecule has 0 radical (unpaired) electrons. The molecule has 0 unspecified atom stereocenters. The van der Waals surface area contributed by atoms with Crippen molar-refractivity contribution in [1.82, 2.24) is 14.3 Å². The Bertz CT molecular complexity index is 492. The van der Waals surface area contributed by atoms with Crippen molar-refractivity contribution in [3.05, 3.63) is 17.7 Å². The lowest BCUT2D eigenvalue weighted by Crippen LogP contribution is -2.31. The topological polar surface area (TPSA) is 63.2 Å². The number of hydrogen-bond donors (Lipinski definition) is 0. The summed E-state index contributed by atoms with van der Waals surface area (Å²) in [6.07, 6.45) is 7.41. The highest BCUT2D eigenvalue weighted by Gasteiger charge is 2.22. The van der Waals surface area contributed by atoms with Crippen LogP contribution in [0.3, 0.4) is 0 Å². The zero-order valence-corrected chi connectivity index (χ0v) is 10.2. The fraction of sp³-hybridized carbons (Fsp3) is 0.333. The number of halogens is 1. The summed E-state index contributed by atoms with van der Waals surface area (Å²) in [5.41, 5.74) is 0. The second-order valence-corrected chi connectivity index (χ2v) is 5.10. The van der Waals surface area contributed by atoms with Crippen LogP contribution in [-0.2, 0) is 10.0 Å². The van der Waals surface area contributed by atoms with Gasteiger partial charge < -0.3 is 0 Å². The van der Waals surface area contributed by atoms with Gasteiger partial charge >= 0.3 is 0 Å². The largest absolute Gasteiger partial charge is 0.247 e. The first-order chi connectivity index (χ1) is 7.52. The quantitative estimate of drug-likeness (QED) is 0.592. The van der Waals surface area contributed by atoms with Gasteiger partial charge in [-0.25, -0.2) is 18.4 Å². The standard InChI is InChI=1S/C9H10ClN3O2S/c1-3-5-13(4-2)16(14,15)8-6-11-9(10)12-7-8/h1,6-7H,4-5H2,2H3. The van der Waals surface area contributed by atoms with Crippen LogP contribution in [-0.4, -0.2) is 35.8 Å². The third-order valence-corrected chi connectivity index (χ3v) is 3.92.